The van der Waals surface area contributed by atoms with Crippen LogP contribution in [0.3, 0.4) is 0 Å². The molecule has 0 bridgehead atoms. The van der Waals surface area contributed by atoms with Gasteiger partial charge in [0.25, 0.3) is 0 Å². The summed E-state index contributed by atoms with van der Waals surface area (Å²) in [4.78, 5) is 13.5. The van der Waals surface area contributed by atoms with Crippen LogP contribution in [0.1, 0.15) is 12.8 Å². The number of likely N-dealkylation sites (tertiary alicyclic amines) is 1. The van der Waals surface area contributed by atoms with E-state index in [-0.39, 0.29) is 24.4 Å². The van der Waals surface area contributed by atoms with E-state index in [1.807, 2.05) is 0 Å². The van der Waals surface area contributed by atoms with E-state index >= 15 is 0 Å². The zero-order chi connectivity index (χ0) is 15.5. The Morgan fingerprint density at radius 2 is 2.05 bits per heavy atom. The third-order valence-corrected chi connectivity index (χ3v) is 3.19. The number of ether oxygens (including phenoxy) is 1. The fourth-order valence-electron chi connectivity index (χ4n) is 2.23. The van der Waals surface area contributed by atoms with E-state index in [1.165, 1.54) is 17.0 Å². The summed E-state index contributed by atoms with van der Waals surface area (Å²) in [6, 6.07) is 4.30. The number of carbonyl (C=O) groups is 1. The van der Waals surface area contributed by atoms with Crippen LogP contribution in [0.25, 0.3) is 0 Å². The SMILES string of the molecule is O=C(Nc1ccc(OC(F)(F)F)cc1)N1CCC[C@H]1CO. The number of benzene rings is 1. The molecule has 1 aromatic carbocycles. The van der Waals surface area contributed by atoms with Crippen LogP contribution in [0.15, 0.2) is 24.3 Å². The van der Waals surface area contributed by atoms with Crippen molar-refractivity contribution < 1.29 is 27.8 Å². The topological polar surface area (TPSA) is 61.8 Å². The molecule has 8 heteroatoms. The highest BCUT2D eigenvalue weighted by molar-refractivity contribution is 5.89. The van der Waals surface area contributed by atoms with Crippen molar-refractivity contribution in [3.8, 4) is 5.75 Å². The van der Waals surface area contributed by atoms with Gasteiger partial charge in [0.1, 0.15) is 5.75 Å². The van der Waals surface area contributed by atoms with Crippen molar-refractivity contribution >= 4 is 11.7 Å². The fourth-order valence-corrected chi connectivity index (χ4v) is 2.23. The van der Waals surface area contributed by atoms with Crippen LogP contribution in [-0.4, -0.2) is 41.6 Å². The first-order valence-corrected chi connectivity index (χ1v) is 6.43. The Labute approximate surface area is 119 Å². The fraction of sp³-hybridized carbons (Fsp3) is 0.462. The Hall–Kier alpha value is -1.96. The van der Waals surface area contributed by atoms with Gasteiger partial charge in [0.2, 0.25) is 0 Å². The zero-order valence-electron chi connectivity index (χ0n) is 11.1. The molecule has 1 atom stereocenters. The molecule has 21 heavy (non-hydrogen) atoms. The van der Waals surface area contributed by atoms with Gasteiger partial charge in [-0.05, 0) is 37.1 Å². The number of urea groups is 1. The van der Waals surface area contributed by atoms with Gasteiger partial charge in [-0.3, -0.25) is 0 Å². The molecule has 1 aliphatic rings. The molecule has 0 radical (unpaired) electrons. The number of hydrogen-bond acceptors (Lipinski definition) is 3. The van der Waals surface area contributed by atoms with Gasteiger partial charge in [-0.25, -0.2) is 4.79 Å². The number of nitrogens with one attached hydrogen (secondary N) is 1. The number of aliphatic hydroxyl groups excluding tert-OH is 1. The van der Waals surface area contributed by atoms with E-state index in [9.17, 15) is 18.0 Å². The molecule has 1 aromatic rings. The van der Waals surface area contributed by atoms with E-state index < -0.39 is 6.36 Å². The molecule has 1 aliphatic heterocycles. The monoisotopic (exact) mass is 304 g/mol. The molecular weight excluding hydrogens is 289 g/mol. The minimum absolute atomic E-state index is 0.105. The van der Waals surface area contributed by atoms with Crippen molar-refractivity contribution in [1.82, 2.24) is 4.90 Å². The third kappa shape index (κ3) is 4.25. The second-order valence-corrected chi connectivity index (χ2v) is 4.67. The highest BCUT2D eigenvalue weighted by Gasteiger charge is 2.31. The minimum Gasteiger partial charge on any atom is -0.406 e. The Balaban J connectivity index is 1.95. The average molecular weight is 304 g/mol. The number of nitrogens with zero attached hydrogens (tertiary/aromatic N) is 1. The summed E-state index contributed by atoms with van der Waals surface area (Å²) in [6.07, 6.45) is -3.19. The van der Waals surface area contributed by atoms with Gasteiger partial charge >= 0.3 is 12.4 Å². The van der Waals surface area contributed by atoms with Gasteiger partial charge in [0.05, 0.1) is 12.6 Å². The highest BCUT2D eigenvalue weighted by atomic mass is 19.4. The Morgan fingerprint density at radius 1 is 1.38 bits per heavy atom. The van der Waals surface area contributed by atoms with Crippen molar-refractivity contribution in [1.29, 1.82) is 0 Å². The molecule has 0 unspecified atom stereocenters. The van der Waals surface area contributed by atoms with Crippen molar-refractivity contribution in [3.05, 3.63) is 24.3 Å². The summed E-state index contributed by atoms with van der Waals surface area (Å²) in [5.41, 5.74) is 0.359. The third-order valence-electron chi connectivity index (χ3n) is 3.19. The van der Waals surface area contributed by atoms with Crippen molar-refractivity contribution in [2.75, 3.05) is 18.5 Å². The molecule has 2 rings (SSSR count). The quantitative estimate of drug-likeness (QED) is 0.902. The molecule has 0 saturated carbocycles. The second-order valence-electron chi connectivity index (χ2n) is 4.67. The lowest BCUT2D eigenvalue weighted by atomic mass is 10.2. The minimum atomic E-state index is -4.74. The maximum atomic E-state index is 12.0. The number of hydrogen-bond donors (Lipinski definition) is 2. The smallest absolute Gasteiger partial charge is 0.406 e. The van der Waals surface area contributed by atoms with Gasteiger partial charge in [-0.2, -0.15) is 0 Å². The van der Waals surface area contributed by atoms with Crippen LogP contribution in [0, 0.1) is 0 Å². The summed E-state index contributed by atoms with van der Waals surface area (Å²) in [5, 5.41) is 11.7. The average Bonchev–Trinajstić information content (AvgIpc) is 2.87. The lowest BCUT2D eigenvalue weighted by molar-refractivity contribution is -0.274. The first-order chi connectivity index (χ1) is 9.89. The molecule has 5 nitrogen and oxygen atoms in total. The number of halogens is 3. The van der Waals surface area contributed by atoms with Gasteiger partial charge in [0, 0.05) is 12.2 Å². The second kappa shape index (κ2) is 6.21. The Morgan fingerprint density at radius 3 is 2.62 bits per heavy atom. The van der Waals surface area contributed by atoms with Gasteiger partial charge in [-0.1, -0.05) is 0 Å². The number of rotatable bonds is 3. The van der Waals surface area contributed by atoms with Crippen molar-refractivity contribution in [2.24, 2.45) is 0 Å². The van der Waals surface area contributed by atoms with Gasteiger partial charge in [-0.15, -0.1) is 13.2 Å². The number of amides is 2. The van der Waals surface area contributed by atoms with Crippen molar-refractivity contribution in [3.63, 3.8) is 0 Å². The molecule has 1 heterocycles. The zero-order valence-corrected chi connectivity index (χ0v) is 11.1. The normalized spacial score (nSPS) is 18.7. The van der Waals surface area contributed by atoms with Crippen LogP contribution in [0.5, 0.6) is 5.75 Å². The maximum absolute atomic E-state index is 12.0. The summed E-state index contributed by atoms with van der Waals surface area (Å²) in [6.45, 7) is 0.443. The molecule has 0 aromatic heterocycles. The molecule has 1 fully saturated rings. The molecule has 0 spiro atoms. The van der Waals surface area contributed by atoms with Crippen LogP contribution in [0.4, 0.5) is 23.7 Å². The summed E-state index contributed by atoms with van der Waals surface area (Å²) >= 11 is 0. The van der Waals surface area contributed by atoms with Crippen LogP contribution >= 0.6 is 0 Å². The predicted octanol–water partition coefficient (Wildman–Crippen LogP) is 2.57. The Bertz CT molecular complexity index is 490. The number of aliphatic hydroxyl groups is 1. The van der Waals surface area contributed by atoms with E-state index in [4.69, 9.17) is 5.11 Å². The maximum Gasteiger partial charge on any atom is 0.573 e. The molecule has 1 saturated heterocycles. The van der Waals surface area contributed by atoms with E-state index in [0.717, 1.165) is 25.0 Å². The predicted molar refractivity (Wildman–Crippen MR) is 69.0 cm³/mol. The van der Waals surface area contributed by atoms with Crippen LogP contribution in [0.2, 0.25) is 0 Å². The summed E-state index contributed by atoms with van der Waals surface area (Å²) in [7, 11) is 0. The summed E-state index contributed by atoms with van der Waals surface area (Å²) in [5.74, 6) is -0.352. The largest absolute Gasteiger partial charge is 0.573 e. The molecule has 2 amide bonds. The van der Waals surface area contributed by atoms with Gasteiger partial charge in [0.15, 0.2) is 0 Å². The van der Waals surface area contributed by atoms with Gasteiger partial charge < -0.3 is 20.1 Å². The standard InChI is InChI=1S/C13H15F3N2O3/c14-13(15,16)21-11-5-3-9(4-6-11)17-12(20)18-7-1-2-10(18)8-19/h3-6,10,19H,1-2,7-8H2,(H,17,20)/t10-/m0/s1. The molecule has 116 valence electrons. The van der Waals surface area contributed by atoms with E-state index in [0.29, 0.717) is 12.2 Å². The lowest BCUT2D eigenvalue weighted by Crippen LogP contribution is -2.40. The first-order valence-electron chi connectivity index (χ1n) is 6.43. The van der Waals surface area contributed by atoms with E-state index in [1.54, 1.807) is 0 Å². The first kappa shape index (κ1) is 15.4. The highest BCUT2D eigenvalue weighted by Crippen LogP contribution is 2.24. The van der Waals surface area contributed by atoms with Crippen LogP contribution in [-0.2, 0) is 0 Å². The van der Waals surface area contributed by atoms with Crippen LogP contribution < -0.4 is 10.1 Å². The summed E-state index contributed by atoms with van der Waals surface area (Å²) < 4.78 is 39.8. The molecular formula is C13H15F3N2O3. The molecule has 2 N–H and O–H groups in total. The Kier molecular flexibility index (Phi) is 4.56. The number of alkyl halides is 3. The number of anilines is 1. The van der Waals surface area contributed by atoms with E-state index in [2.05, 4.69) is 10.1 Å². The molecule has 0 aliphatic carbocycles. The number of carbonyl (C=O) groups excluding carboxylic acids is 1. The van der Waals surface area contributed by atoms with Crippen molar-refractivity contribution in [2.45, 2.75) is 25.2 Å². The lowest BCUT2D eigenvalue weighted by Gasteiger charge is -2.23.